The van der Waals surface area contributed by atoms with Crippen LogP contribution in [-0.4, -0.2) is 47.3 Å². The first kappa shape index (κ1) is 18.7. The van der Waals surface area contributed by atoms with Gasteiger partial charge >= 0.3 is 0 Å². The number of fused-ring (bicyclic) bond motifs is 2. The zero-order valence-corrected chi connectivity index (χ0v) is 18.3. The summed E-state index contributed by atoms with van der Waals surface area (Å²) in [7, 11) is 3.83. The van der Waals surface area contributed by atoms with Crippen molar-refractivity contribution >= 4 is 0 Å². The third-order valence-electron chi connectivity index (χ3n) is 8.50. The van der Waals surface area contributed by atoms with Crippen molar-refractivity contribution in [3.63, 3.8) is 0 Å². The molecule has 2 bridgehead atoms. The van der Waals surface area contributed by atoms with Gasteiger partial charge in [-0.1, -0.05) is 36.4 Å². The Morgan fingerprint density at radius 3 is 2.78 bits per heavy atom. The van der Waals surface area contributed by atoms with E-state index in [9.17, 15) is 5.11 Å². The molecule has 7 rings (SSSR count). The van der Waals surface area contributed by atoms with Gasteiger partial charge in [-0.3, -0.25) is 4.98 Å². The topological polar surface area (TPSA) is 54.8 Å². The lowest BCUT2D eigenvalue weighted by molar-refractivity contribution is -0.168. The largest absolute Gasteiger partial charge is 0.493 e. The van der Waals surface area contributed by atoms with E-state index in [1.165, 1.54) is 5.56 Å². The molecule has 0 amide bonds. The van der Waals surface area contributed by atoms with E-state index in [1.807, 2.05) is 30.5 Å². The molecular formula is C27H26N2O3. The maximum atomic E-state index is 12.6. The molecule has 2 aliphatic heterocycles. The van der Waals surface area contributed by atoms with Gasteiger partial charge in [0.05, 0.1) is 23.8 Å². The number of hydrogen-bond donors (Lipinski definition) is 1. The Morgan fingerprint density at radius 1 is 1.12 bits per heavy atom. The van der Waals surface area contributed by atoms with Crippen molar-refractivity contribution in [2.75, 3.05) is 20.7 Å². The van der Waals surface area contributed by atoms with Gasteiger partial charge in [0.15, 0.2) is 17.6 Å². The molecule has 5 nitrogen and oxygen atoms in total. The summed E-state index contributed by atoms with van der Waals surface area (Å²) < 4.78 is 12.4. The van der Waals surface area contributed by atoms with Crippen LogP contribution in [0, 0.1) is 0 Å². The summed E-state index contributed by atoms with van der Waals surface area (Å²) >= 11 is 0. The average Bonchev–Trinajstić information content (AvgIpc) is 3.17. The van der Waals surface area contributed by atoms with E-state index >= 15 is 0 Å². The van der Waals surface area contributed by atoms with Gasteiger partial charge in [0.25, 0.3) is 0 Å². The second kappa shape index (κ2) is 6.12. The summed E-state index contributed by atoms with van der Waals surface area (Å²) in [5.41, 5.74) is 5.29. The van der Waals surface area contributed by atoms with Crippen LogP contribution in [0.15, 0.2) is 54.7 Å². The first-order valence-electron chi connectivity index (χ1n) is 11.4. The Labute approximate surface area is 187 Å². The molecular weight excluding hydrogens is 400 g/mol. The predicted octanol–water partition coefficient (Wildman–Crippen LogP) is 3.68. The standard InChI is InChI=1S/C27H26N2O3/c1-29-11-10-26-22-17-8-9-20(31-2)24(22)32-25(26)23-18(14-27(26,30)21(29)13-17)12-19(15-28-23)16-6-4-3-5-7-16/h3-9,12,15,21,25,30H,10-11,13-14H2,1-2H3/t21-,25-,26-,27+/m0/s1. The summed E-state index contributed by atoms with van der Waals surface area (Å²) in [5, 5.41) is 12.6. The number of benzene rings is 2. The van der Waals surface area contributed by atoms with E-state index in [2.05, 4.69) is 36.2 Å². The number of methoxy groups -OCH3 is 1. The van der Waals surface area contributed by atoms with E-state index in [4.69, 9.17) is 14.5 Å². The van der Waals surface area contributed by atoms with Gasteiger partial charge in [-0.15, -0.1) is 0 Å². The van der Waals surface area contributed by atoms with Crippen LogP contribution in [0.4, 0.5) is 0 Å². The van der Waals surface area contributed by atoms with Crippen LogP contribution >= 0.6 is 0 Å². The summed E-state index contributed by atoms with van der Waals surface area (Å²) in [6.07, 6.45) is 3.90. The zero-order chi connectivity index (χ0) is 21.7. The number of likely N-dealkylation sites (N-methyl/N-ethyl adjacent to an activating group) is 1. The number of ether oxygens (including phenoxy) is 2. The molecule has 1 fully saturated rings. The van der Waals surface area contributed by atoms with Crippen molar-refractivity contribution in [3.05, 3.63) is 77.1 Å². The molecule has 3 aromatic rings. The number of likely N-dealkylation sites (tertiary alicyclic amines) is 1. The van der Waals surface area contributed by atoms with Gasteiger partial charge in [0, 0.05) is 29.8 Å². The van der Waals surface area contributed by atoms with Crippen molar-refractivity contribution in [1.82, 2.24) is 9.88 Å². The van der Waals surface area contributed by atoms with E-state index in [1.54, 1.807) is 7.11 Å². The summed E-state index contributed by atoms with van der Waals surface area (Å²) in [6.45, 7) is 0.931. The van der Waals surface area contributed by atoms with E-state index in [-0.39, 0.29) is 12.1 Å². The van der Waals surface area contributed by atoms with Crippen molar-refractivity contribution in [1.29, 1.82) is 0 Å². The predicted molar refractivity (Wildman–Crippen MR) is 121 cm³/mol. The first-order valence-corrected chi connectivity index (χ1v) is 11.4. The fourth-order valence-corrected chi connectivity index (χ4v) is 7.05. The molecule has 2 aromatic carbocycles. The van der Waals surface area contributed by atoms with Crippen molar-refractivity contribution < 1.29 is 14.6 Å². The molecule has 4 atom stereocenters. The van der Waals surface area contributed by atoms with E-state index < -0.39 is 11.0 Å². The number of hydrogen-bond acceptors (Lipinski definition) is 5. The smallest absolute Gasteiger partial charge is 0.166 e. The summed E-state index contributed by atoms with van der Waals surface area (Å²) in [4.78, 5) is 7.31. The SMILES string of the molecule is COc1ccc2c3c1O[C@H]1c4ncc(-c5ccccc5)cc4C[C@@]4(O)[C@H](C2)N(C)CC[C@]314. The molecule has 4 aliphatic rings. The monoisotopic (exact) mass is 426 g/mol. The summed E-state index contributed by atoms with van der Waals surface area (Å²) in [6, 6.07) is 16.7. The lowest BCUT2D eigenvalue weighted by atomic mass is 9.49. The van der Waals surface area contributed by atoms with Gasteiger partial charge in [0.2, 0.25) is 0 Å². The third kappa shape index (κ3) is 2.04. The first-order chi connectivity index (χ1) is 15.6. The van der Waals surface area contributed by atoms with Crippen LogP contribution in [-0.2, 0) is 18.3 Å². The highest BCUT2D eigenvalue weighted by atomic mass is 16.5. The highest BCUT2D eigenvalue weighted by Gasteiger charge is 2.72. The Bertz CT molecular complexity index is 1260. The quantitative estimate of drug-likeness (QED) is 0.678. The normalized spacial score (nSPS) is 31.5. The molecule has 0 saturated carbocycles. The molecule has 162 valence electrons. The van der Waals surface area contributed by atoms with Crippen LogP contribution in [0.2, 0.25) is 0 Å². The summed E-state index contributed by atoms with van der Waals surface area (Å²) in [5.74, 6) is 1.55. The van der Waals surface area contributed by atoms with Crippen molar-refractivity contribution in [2.45, 2.75) is 42.4 Å². The number of piperidine rings is 1. The fraction of sp³-hybridized carbons (Fsp3) is 0.370. The van der Waals surface area contributed by atoms with E-state index in [0.29, 0.717) is 6.42 Å². The fourth-order valence-electron chi connectivity index (χ4n) is 7.05. The van der Waals surface area contributed by atoms with Crippen molar-refractivity contribution in [2.24, 2.45) is 0 Å². The highest BCUT2D eigenvalue weighted by molar-refractivity contribution is 5.67. The lowest BCUT2D eigenvalue weighted by Gasteiger charge is -2.62. The zero-order valence-electron chi connectivity index (χ0n) is 18.3. The minimum absolute atomic E-state index is 0.0442. The maximum absolute atomic E-state index is 12.6. The molecule has 1 saturated heterocycles. The average molecular weight is 427 g/mol. The number of pyridine rings is 1. The molecule has 5 heteroatoms. The van der Waals surface area contributed by atoms with Crippen LogP contribution in [0.5, 0.6) is 11.5 Å². The maximum Gasteiger partial charge on any atom is 0.166 e. The molecule has 0 unspecified atom stereocenters. The Hall–Kier alpha value is -2.89. The Kier molecular flexibility index (Phi) is 3.57. The highest BCUT2D eigenvalue weighted by Crippen LogP contribution is 2.68. The molecule has 1 aromatic heterocycles. The van der Waals surface area contributed by atoms with Crippen LogP contribution in [0.1, 0.15) is 34.9 Å². The van der Waals surface area contributed by atoms with Crippen LogP contribution in [0.3, 0.4) is 0 Å². The molecule has 32 heavy (non-hydrogen) atoms. The minimum atomic E-state index is -0.917. The molecule has 2 aliphatic carbocycles. The Morgan fingerprint density at radius 2 is 1.97 bits per heavy atom. The number of aliphatic hydroxyl groups is 1. The molecule has 0 radical (unpaired) electrons. The molecule has 1 N–H and O–H groups in total. The van der Waals surface area contributed by atoms with Crippen LogP contribution < -0.4 is 9.47 Å². The van der Waals surface area contributed by atoms with Crippen LogP contribution in [0.25, 0.3) is 11.1 Å². The van der Waals surface area contributed by atoms with Gasteiger partial charge in [-0.05, 0) is 55.3 Å². The van der Waals surface area contributed by atoms with Gasteiger partial charge < -0.3 is 19.5 Å². The lowest BCUT2D eigenvalue weighted by Crippen LogP contribution is -2.74. The Balaban J connectivity index is 1.49. The van der Waals surface area contributed by atoms with E-state index in [0.717, 1.165) is 58.8 Å². The number of nitrogens with zero attached hydrogens (tertiary/aromatic N) is 2. The third-order valence-corrected chi connectivity index (χ3v) is 8.50. The second-order valence-corrected chi connectivity index (χ2v) is 9.79. The minimum Gasteiger partial charge on any atom is -0.493 e. The van der Waals surface area contributed by atoms with Gasteiger partial charge in [-0.25, -0.2) is 0 Å². The molecule has 3 heterocycles. The van der Waals surface area contributed by atoms with Gasteiger partial charge in [-0.2, -0.15) is 0 Å². The molecule has 1 spiro atoms. The number of aromatic nitrogens is 1. The van der Waals surface area contributed by atoms with Gasteiger partial charge in [0.1, 0.15) is 0 Å². The number of rotatable bonds is 2. The van der Waals surface area contributed by atoms with Crippen molar-refractivity contribution in [3.8, 4) is 22.6 Å². The second-order valence-electron chi connectivity index (χ2n) is 9.79.